The van der Waals surface area contributed by atoms with Gasteiger partial charge < -0.3 is 15.6 Å². The van der Waals surface area contributed by atoms with E-state index in [1.807, 2.05) is 0 Å². The second-order valence-corrected chi connectivity index (χ2v) is 5.34. The van der Waals surface area contributed by atoms with Gasteiger partial charge in [-0.2, -0.15) is 0 Å². The van der Waals surface area contributed by atoms with E-state index in [1.54, 1.807) is 12.1 Å². The Morgan fingerprint density at radius 3 is 2.32 bits per heavy atom. The summed E-state index contributed by atoms with van der Waals surface area (Å²) in [6.07, 6.45) is 1.04. The average molecular weight is 393 g/mol. The van der Waals surface area contributed by atoms with Crippen LogP contribution >= 0.6 is 31.9 Å². The third-order valence-corrected chi connectivity index (χ3v) is 3.54. The second-order valence-electron chi connectivity index (χ2n) is 3.63. The number of benzene rings is 1. The molecule has 102 valence electrons. The van der Waals surface area contributed by atoms with Gasteiger partial charge in [0.1, 0.15) is 0 Å². The molecule has 0 amide bonds. The van der Waals surface area contributed by atoms with Gasteiger partial charge in [0.05, 0.1) is 19.2 Å². The average Bonchev–Trinajstić information content (AvgIpc) is 2.33. The number of carboxylic acid groups (broad SMARTS) is 1. The van der Waals surface area contributed by atoms with Crippen molar-refractivity contribution >= 4 is 55.6 Å². The van der Waals surface area contributed by atoms with E-state index in [0.29, 0.717) is 20.2 Å². The minimum atomic E-state index is -1.11. The number of hydrogen-bond acceptors (Lipinski definition) is 4. The molecule has 0 fully saturated rings. The number of carbonyl (C=O) groups is 2. The number of nitrogen functional groups attached to an aromatic ring is 1. The molecule has 0 bridgehead atoms. The number of halogens is 2. The molecule has 0 aromatic heterocycles. The van der Waals surface area contributed by atoms with Crippen LogP contribution in [-0.4, -0.2) is 24.2 Å². The smallest absolute Gasteiger partial charge is 0.334 e. The highest BCUT2D eigenvalue weighted by atomic mass is 79.9. The highest BCUT2D eigenvalue weighted by molar-refractivity contribution is 9.11. The molecule has 1 aromatic carbocycles. The molecule has 0 atom stereocenters. The zero-order chi connectivity index (χ0) is 14.6. The minimum Gasteiger partial charge on any atom is -0.481 e. The predicted octanol–water partition coefficient (Wildman–Crippen LogP) is 2.82. The van der Waals surface area contributed by atoms with Gasteiger partial charge in [-0.15, -0.1) is 0 Å². The van der Waals surface area contributed by atoms with E-state index in [0.717, 1.165) is 0 Å². The topological polar surface area (TPSA) is 89.6 Å². The molecule has 0 aliphatic carbocycles. The fourth-order valence-electron chi connectivity index (χ4n) is 1.36. The van der Waals surface area contributed by atoms with Crippen LogP contribution in [0.4, 0.5) is 5.69 Å². The lowest BCUT2D eigenvalue weighted by molar-refractivity contribution is -0.141. The summed E-state index contributed by atoms with van der Waals surface area (Å²) in [5.41, 5.74) is 6.96. The van der Waals surface area contributed by atoms with Crippen LogP contribution in [0.3, 0.4) is 0 Å². The third kappa shape index (κ3) is 4.36. The van der Waals surface area contributed by atoms with Crippen molar-refractivity contribution in [1.82, 2.24) is 0 Å². The zero-order valence-corrected chi connectivity index (χ0v) is 13.1. The molecule has 0 spiro atoms. The molecule has 0 heterocycles. The van der Waals surface area contributed by atoms with Gasteiger partial charge in [0, 0.05) is 14.5 Å². The van der Waals surface area contributed by atoms with E-state index in [9.17, 15) is 9.59 Å². The molecule has 3 N–H and O–H groups in total. The number of hydrogen-bond donors (Lipinski definition) is 2. The maximum absolute atomic E-state index is 11.5. The standard InChI is InChI=1S/C12H11Br2NO4/c1-19-12(18)7(5-10(16)17)2-6-3-8(13)11(15)9(14)4-6/h2-4H,5,15H2,1H3,(H,16,17)/b7-2+. The van der Waals surface area contributed by atoms with Gasteiger partial charge in [0.25, 0.3) is 0 Å². The number of anilines is 1. The molecule has 1 rings (SSSR count). The summed E-state index contributed by atoms with van der Waals surface area (Å²) >= 11 is 6.55. The molecule has 19 heavy (non-hydrogen) atoms. The summed E-state index contributed by atoms with van der Waals surface area (Å²) in [6, 6.07) is 3.37. The molecule has 0 saturated carbocycles. The molecule has 7 heteroatoms. The van der Waals surface area contributed by atoms with Gasteiger partial charge >= 0.3 is 11.9 Å². The number of carboxylic acids is 1. The maximum atomic E-state index is 11.5. The number of esters is 1. The zero-order valence-electron chi connectivity index (χ0n) is 9.94. The van der Waals surface area contributed by atoms with Crippen molar-refractivity contribution in [3.63, 3.8) is 0 Å². The van der Waals surface area contributed by atoms with Crippen LogP contribution in [0.5, 0.6) is 0 Å². The Balaban J connectivity index is 3.21. The molecule has 5 nitrogen and oxygen atoms in total. The molecule has 0 unspecified atom stereocenters. The van der Waals surface area contributed by atoms with Crippen molar-refractivity contribution in [2.45, 2.75) is 6.42 Å². The van der Waals surface area contributed by atoms with Crippen LogP contribution in [0.25, 0.3) is 6.08 Å². The number of ether oxygens (including phenoxy) is 1. The molecule has 0 saturated heterocycles. The van der Waals surface area contributed by atoms with Crippen molar-refractivity contribution in [3.05, 3.63) is 32.2 Å². The fraction of sp³-hybridized carbons (Fsp3) is 0.167. The van der Waals surface area contributed by atoms with Crippen LogP contribution in [0, 0.1) is 0 Å². The molecular formula is C12H11Br2NO4. The maximum Gasteiger partial charge on any atom is 0.334 e. The molecule has 0 aliphatic heterocycles. The Morgan fingerprint density at radius 2 is 1.89 bits per heavy atom. The van der Waals surface area contributed by atoms with Gasteiger partial charge in [-0.05, 0) is 55.6 Å². The SMILES string of the molecule is COC(=O)/C(=C/c1cc(Br)c(N)c(Br)c1)CC(=O)O. The van der Waals surface area contributed by atoms with Gasteiger partial charge in [-0.1, -0.05) is 0 Å². The van der Waals surface area contributed by atoms with Gasteiger partial charge in [0.2, 0.25) is 0 Å². The number of aliphatic carboxylic acids is 1. The first-order valence-corrected chi connectivity index (χ1v) is 6.69. The van der Waals surface area contributed by atoms with Crippen molar-refractivity contribution in [1.29, 1.82) is 0 Å². The lowest BCUT2D eigenvalue weighted by Crippen LogP contribution is -2.09. The Morgan fingerprint density at radius 1 is 1.37 bits per heavy atom. The molecule has 0 radical (unpaired) electrons. The fourth-order valence-corrected chi connectivity index (χ4v) is 2.59. The van der Waals surface area contributed by atoms with Crippen LogP contribution in [0.1, 0.15) is 12.0 Å². The summed E-state index contributed by atoms with van der Waals surface area (Å²) in [5, 5.41) is 8.77. The van der Waals surface area contributed by atoms with Crippen LogP contribution in [0.15, 0.2) is 26.7 Å². The number of rotatable bonds is 4. The van der Waals surface area contributed by atoms with E-state index in [2.05, 4.69) is 36.6 Å². The predicted molar refractivity (Wildman–Crippen MR) is 78.5 cm³/mol. The van der Waals surface area contributed by atoms with Gasteiger partial charge in [0.15, 0.2) is 0 Å². The van der Waals surface area contributed by atoms with E-state index in [4.69, 9.17) is 10.8 Å². The molecular weight excluding hydrogens is 382 g/mol. The minimum absolute atomic E-state index is 0.0542. The number of carbonyl (C=O) groups excluding carboxylic acids is 1. The van der Waals surface area contributed by atoms with Crippen molar-refractivity contribution in [2.75, 3.05) is 12.8 Å². The lowest BCUT2D eigenvalue weighted by Gasteiger charge is -2.06. The van der Waals surface area contributed by atoms with Crippen molar-refractivity contribution < 1.29 is 19.4 Å². The summed E-state index contributed by atoms with van der Waals surface area (Å²) in [7, 11) is 1.20. The Kier molecular flexibility index (Phi) is 5.56. The summed E-state index contributed by atoms with van der Waals surface area (Å²) in [4.78, 5) is 22.2. The molecule has 1 aromatic rings. The lowest BCUT2D eigenvalue weighted by atomic mass is 10.1. The van der Waals surface area contributed by atoms with Crippen molar-refractivity contribution in [2.24, 2.45) is 0 Å². The Hall–Kier alpha value is -1.34. The van der Waals surface area contributed by atoms with Crippen LogP contribution < -0.4 is 5.73 Å². The van der Waals surface area contributed by atoms with E-state index >= 15 is 0 Å². The Labute approximate surface area is 126 Å². The first kappa shape index (κ1) is 15.7. The summed E-state index contributed by atoms with van der Waals surface area (Å²) < 4.78 is 5.84. The summed E-state index contributed by atoms with van der Waals surface area (Å²) in [5.74, 6) is -1.78. The first-order chi connectivity index (χ1) is 8.85. The highest BCUT2D eigenvalue weighted by Gasteiger charge is 2.14. The number of nitrogens with two attached hydrogens (primary N) is 1. The first-order valence-electron chi connectivity index (χ1n) is 5.10. The quantitative estimate of drug-likeness (QED) is 0.467. The van der Waals surface area contributed by atoms with Gasteiger partial charge in [-0.25, -0.2) is 4.79 Å². The van der Waals surface area contributed by atoms with Crippen LogP contribution in [0.2, 0.25) is 0 Å². The molecule has 0 aliphatic rings. The Bertz CT molecular complexity index is 532. The second kappa shape index (κ2) is 6.72. The highest BCUT2D eigenvalue weighted by Crippen LogP contribution is 2.30. The normalized spacial score (nSPS) is 11.2. The number of methoxy groups -OCH3 is 1. The monoisotopic (exact) mass is 391 g/mol. The van der Waals surface area contributed by atoms with E-state index in [-0.39, 0.29) is 5.57 Å². The van der Waals surface area contributed by atoms with E-state index in [1.165, 1.54) is 13.2 Å². The summed E-state index contributed by atoms with van der Waals surface area (Å²) in [6.45, 7) is 0. The third-order valence-electron chi connectivity index (χ3n) is 2.23. The van der Waals surface area contributed by atoms with Gasteiger partial charge in [-0.3, -0.25) is 4.79 Å². The van der Waals surface area contributed by atoms with Crippen LogP contribution in [-0.2, 0) is 14.3 Å². The largest absolute Gasteiger partial charge is 0.481 e. The van der Waals surface area contributed by atoms with Crippen molar-refractivity contribution in [3.8, 4) is 0 Å². The van der Waals surface area contributed by atoms with E-state index < -0.39 is 18.4 Å².